The van der Waals surface area contributed by atoms with Crippen molar-refractivity contribution in [2.75, 3.05) is 0 Å². The highest BCUT2D eigenvalue weighted by Gasteiger charge is 2.14. The number of nitrogens with one attached hydrogen (secondary N) is 2. The fourth-order valence-electron chi connectivity index (χ4n) is 2.52. The van der Waals surface area contributed by atoms with Crippen LogP contribution in [0.25, 0.3) is 6.08 Å². The Labute approximate surface area is 173 Å². The number of phenolic OH excluding ortho intramolecular Hbond substituents is 2. The first kappa shape index (κ1) is 20.3. The zero-order valence-electron chi connectivity index (χ0n) is 15.8. The monoisotopic (exact) mass is 401 g/mol. The van der Waals surface area contributed by atoms with Gasteiger partial charge in [-0.05, 0) is 35.9 Å². The molecule has 0 radical (unpaired) electrons. The average Bonchev–Trinajstić information content (AvgIpc) is 2.76. The lowest BCUT2D eigenvalue weighted by atomic mass is 10.1. The number of phenols is 2. The summed E-state index contributed by atoms with van der Waals surface area (Å²) in [6.45, 7) is 0. The molecule has 0 atom stereocenters. The van der Waals surface area contributed by atoms with Crippen molar-refractivity contribution >= 4 is 24.1 Å². The highest BCUT2D eigenvalue weighted by Crippen LogP contribution is 2.20. The van der Waals surface area contributed by atoms with Gasteiger partial charge in [-0.1, -0.05) is 48.5 Å². The van der Waals surface area contributed by atoms with Crippen molar-refractivity contribution in [1.82, 2.24) is 10.7 Å². The van der Waals surface area contributed by atoms with E-state index in [9.17, 15) is 19.8 Å². The lowest BCUT2D eigenvalue weighted by Gasteiger charge is -2.09. The Kier molecular flexibility index (Phi) is 6.58. The van der Waals surface area contributed by atoms with Crippen LogP contribution in [0.5, 0.6) is 11.5 Å². The zero-order chi connectivity index (χ0) is 21.3. The molecule has 0 unspecified atom stereocenters. The maximum absolute atomic E-state index is 12.6. The highest BCUT2D eigenvalue weighted by atomic mass is 16.3. The Morgan fingerprint density at radius 2 is 1.53 bits per heavy atom. The molecule has 30 heavy (non-hydrogen) atoms. The molecule has 3 aromatic rings. The summed E-state index contributed by atoms with van der Waals surface area (Å²) in [7, 11) is 0. The molecular weight excluding hydrogens is 382 g/mol. The van der Waals surface area contributed by atoms with E-state index in [4.69, 9.17) is 0 Å². The summed E-state index contributed by atoms with van der Waals surface area (Å²) >= 11 is 0. The van der Waals surface area contributed by atoms with Gasteiger partial charge in [-0.2, -0.15) is 5.10 Å². The van der Waals surface area contributed by atoms with Gasteiger partial charge in [0.15, 0.2) is 0 Å². The van der Waals surface area contributed by atoms with E-state index in [2.05, 4.69) is 15.8 Å². The number of rotatable bonds is 6. The summed E-state index contributed by atoms with van der Waals surface area (Å²) in [5.41, 5.74) is 3.75. The maximum Gasteiger partial charge on any atom is 0.287 e. The van der Waals surface area contributed by atoms with Gasteiger partial charge in [-0.3, -0.25) is 9.59 Å². The number of amides is 2. The van der Waals surface area contributed by atoms with Gasteiger partial charge >= 0.3 is 0 Å². The molecule has 0 aliphatic carbocycles. The molecule has 3 rings (SSSR count). The highest BCUT2D eigenvalue weighted by molar-refractivity contribution is 6.05. The normalized spacial score (nSPS) is 11.3. The first-order valence-electron chi connectivity index (χ1n) is 9.01. The van der Waals surface area contributed by atoms with Gasteiger partial charge in [0.05, 0.1) is 6.21 Å². The molecule has 0 aliphatic rings. The van der Waals surface area contributed by atoms with E-state index in [0.717, 1.165) is 11.6 Å². The van der Waals surface area contributed by atoms with Crippen molar-refractivity contribution in [3.63, 3.8) is 0 Å². The third kappa shape index (κ3) is 5.56. The number of aromatic hydroxyl groups is 2. The summed E-state index contributed by atoms with van der Waals surface area (Å²) < 4.78 is 0. The Balaban J connectivity index is 1.78. The molecule has 0 bridgehead atoms. The summed E-state index contributed by atoms with van der Waals surface area (Å²) in [6.07, 6.45) is 2.76. The lowest BCUT2D eigenvalue weighted by Crippen LogP contribution is -2.32. The van der Waals surface area contributed by atoms with Crippen molar-refractivity contribution < 1.29 is 19.8 Å². The molecule has 4 N–H and O–H groups in total. The van der Waals surface area contributed by atoms with Gasteiger partial charge in [0, 0.05) is 17.2 Å². The van der Waals surface area contributed by atoms with Gasteiger partial charge < -0.3 is 15.5 Å². The first-order valence-corrected chi connectivity index (χ1v) is 9.01. The number of hydrazone groups is 1. The van der Waals surface area contributed by atoms with Crippen LogP contribution in [-0.4, -0.2) is 28.2 Å². The molecule has 0 aromatic heterocycles. The van der Waals surface area contributed by atoms with Gasteiger partial charge in [-0.15, -0.1) is 0 Å². The predicted molar refractivity (Wildman–Crippen MR) is 114 cm³/mol. The predicted octanol–water partition coefficient (Wildman–Crippen LogP) is 3.02. The van der Waals surface area contributed by atoms with Gasteiger partial charge in [0.2, 0.25) is 0 Å². The van der Waals surface area contributed by atoms with Crippen molar-refractivity contribution in [3.8, 4) is 11.5 Å². The van der Waals surface area contributed by atoms with Crippen LogP contribution in [0.3, 0.4) is 0 Å². The Morgan fingerprint density at radius 3 is 2.20 bits per heavy atom. The van der Waals surface area contributed by atoms with Crippen LogP contribution in [0.2, 0.25) is 0 Å². The minimum atomic E-state index is -0.641. The van der Waals surface area contributed by atoms with E-state index >= 15 is 0 Å². The first-order chi connectivity index (χ1) is 14.5. The quantitative estimate of drug-likeness (QED) is 0.289. The van der Waals surface area contributed by atoms with E-state index in [1.807, 2.05) is 18.2 Å². The van der Waals surface area contributed by atoms with E-state index < -0.39 is 11.8 Å². The second-order valence-corrected chi connectivity index (χ2v) is 6.23. The molecule has 0 heterocycles. The number of carbonyl (C=O) groups excluding carboxylic acids is 2. The molecular formula is C23H19N3O4. The largest absolute Gasteiger partial charge is 0.508 e. The van der Waals surface area contributed by atoms with Gasteiger partial charge in [0.25, 0.3) is 11.8 Å². The van der Waals surface area contributed by atoms with Gasteiger partial charge in [-0.25, -0.2) is 5.43 Å². The molecule has 0 saturated carbocycles. The number of hydrogen-bond donors (Lipinski definition) is 4. The van der Waals surface area contributed by atoms with Crippen LogP contribution in [0.1, 0.15) is 21.5 Å². The van der Waals surface area contributed by atoms with Crippen LogP contribution in [0, 0.1) is 0 Å². The Hall–Kier alpha value is -4.39. The Bertz CT molecular complexity index is 1090. The molecule has 2 amide bonds. The average molecular weight is 401 g/mol. The summed E-state index contributed by atoms with van der Waals surface area (Å²) in [5, 5.41) is 25.5. The van der Waals surface area contributed by atoms with Crippen LogP contribution in [-0.2, 0) is 4.79 Å². The van der Waals surface area contributed by atoms with Crippen LogP contribution in [0.15, 0.2) is 89.7 Å². The second kappa shape index (κ2) is 9.70. The number of benzene rings is 3. The minimum Gasteiger partial charge on any atom is -0.508 e. The molecule has 7 nitrogen and oxygen atoms in total. The van der Waals surface area contributed by atoms with Crippen LogP contribution in [0.4, 0.5) is 0 Å². The van der Waals surface area contributed by atoms with Crippen molar-refractivity contribution in [2.24, 2.45) is 5.10 Å². The van der Waals surface area contributed by atoms with E-state index in [1.54, 1.807) is 42.5 Å². The smallest absolute Gasteiger partial charge is 0.287 e. The maximum atomic E-state index is 12.6. The fourth-order valence-corrected chi connectivity index (χ4v) is 2.52. The second-order valence-electron chi connectivity index (χ2n) is 6.23. The molecule has 3 aromatic carbocycles. The van der Waals surface area contributed by atoms with Crippen LogP contribution >= 0.6 is 0 Å². The topological polar surface area (TPSA) is 111 Å². The third-order valence-electron chi connectivity index (χ3n) is 4.02. The van der Waals surface area contributed by atoms with Crippen LogP contribution < -0.4 is 10.7 Å². The number of nitrogens with zero attached hydrogens (tertiary/aromatic N) is 1. The molecule has 0 fully saturated rings. The molecule has 7 heteroatoms. The summed E-state index contributed by atoms with van der Waals surface area (Å²) in [6, 6.07) is 21.5. The lowest BCUT2D eigenvalue weighted by molar-refractivity contribution is -0.117. The van der Waals surface area contributed by atoms with Gasteiger partial charge in [0.1, 0.15) is 17.2 Å². The fraction of sp³-hybridized carbons (Fsp3) is 0. The number of hydrogen-bond acceptors (Lipinski definition) is 5. The molecule has 0 spiro atoms. The van der Waals surface area contributed by atoms with Crippen molar-refractivity contribution in [2.45, 2.75) is 0 Å². The third-order valence-corrected chi connectivity index (χ3v) is 4.02. The van der Waals surface area contributed by atoms with E-state index in [-0.39, 0.29) is 17.2 Å². The minimum absolute atomic E-state index is 0.00197. The summed E-state index contributed by atoms with van der Waals surface area (Å²) in [5.74, 6) is -1.36. The van der Waals surface area contributed by atoms with Crippen molar-refractivity contribution in [3.05, 3.63) is 101 Å². The SMILES string of the molecule is O=C(NN=Cc1ccc(O)cc1O)/C(=C\c1ccccc1)NC(=O)c1ccccc1. The standard InChI is InChI=1S/C23H19N3O4/c27-19-12-11-18(21(28)14-19)15-24-26-23(30)20(13-16-7-3-1-4-8-16)25-22(29)17-9-5-2-6-10-17/h1-15,27-28H,(H,25,29)(H,26,30)/b20-13+,24-15?. The Morgan fingerprint density at radius 1 is 0.867 bits per heavy atom. The molecule has 0 aliphatic heterocycles. The molecule has 0 saturated heterocycles. The van der Waals surface area contributed by atoms with E-state index in [1.165, 1.54) is 24.4 Å². The zero-order valence-corrected chi connectivity index (χ0v) is 15.8. The van der Waals surface area contributed by atoms with E-state index in [0.29, 0.717) is 11.1 Å². The molecule has 150 valence electrons. The number of carbonyl (C=O) groups is 2. The van der Waals surface area contributed by atoms with Crippen molar-refractivity contribution in [1.29, 1.82) is 0 Å². The summed E-state index contributed by atoms with van der Waals surface area (Å²) in [4.78, 5) is 25.1.